The van der Waals surface area contributed by atoms with E-state index >= 15 is 0 Å². The Labute approximate surface area is 188 Å². The first-order valence-corrected chi connectivity index (χ1v) is 10.5. The van der Waals surface area contributed by atoms with Crippen LogP contribution >= 0.6 is 0 Å². The van der Waals surface area contributed by atoms with Gasteiger partial charge in [-0.05, 0) is 61.2 Å². The van der Waals surface area contributed by atoms with Gasteiger partial charge in [-0.1, -0.05) is 19.1 Å². The highest BCUT2D eigenvalue weighted by Gasteiger charge is 2.30. The minimum Gasteiger partial charge on any atom is -0.482 e. The lowest BCUT2D eigenvalue weighted by Crippen LogP contribution is -2.24. The van der Waals surface area contributed by atoms with Crippen LogP contribution in [0.5, 0.6) is 5.75 Å². The number of alkyl halides is 3. The second-order valence-electron chi connectivity index (χ2n) is 7.49. The van der Waals surface area contributed by atoms with E-state index in [0.717, 1.165) is 22.4 Å². The Kier molecular flexibility index (Phi) is 7.57. The van der Waals surface area contributed by atoms with Gasteiger partial charge >= 0.3 is 17.8 Å². The Balaban J connectivity index is 1.70. The number of ether oxygens (including phenoxy) is 1. The molecule has 1 heterocycles. The summed E-state index contributed by atoms with van der Waals surface area (Å²) in [5.41, 5.74) is 0.128. The van der Waals surface area contributed by atoms with Gasteiger partial charge in [0.1, 0.15) is 11.6 Å². The predicted octanol–water partition coefficient (Wildman–Crippen LogP) is 4.10. The Morgan fingerprint density at radius 3 is 2.30 bits per heavy atom. The average Bonchev–Trinajstić information content (AvgIpc) is 3.08. The van der Waals surface area contributed by atoms with Crippen LogP contribution in [0.15, 0.2) is 53.3 Å². The molecule has 2 aromatic carbocycles. The summed E-state index contributed by atoms with van der Waals surface area (Å²) in [5.74, 6) is -0.00990. The van der Waals surface area contributed by atoms with Crippen LogP contribution < -0.4 is 10.4 Å². The second kappa shape index (κ2) is 10.4. The van der Waals surface area contributed by atoms with E-state index in [1.165, 1.54) is 12.1 Å². The number of hydrogen-bond acceptors (Lipinski definition) is 4. The number of hydrogen-bond donors (Lipinski definition) is 1. The molecular formula is C23H24F3N3O4. The van der Waals surface area contributed by atoms with Crippen molar-refractivity contribution in [2.75, 3.05) is 6.61 Å². The summed E-state index contributed by atoms with van der Waals surface area (Å²) < 4.78 is 46.3. The van der Waals surface area contributed by atoms with E-state index in [1.807, 2.05) is 19.1 Å². The Bertz CT molecular complexity index is 1130. The quantitative estimate of drug-likeness (QED) is 0.489. The van der Waals surface area contributed by atoms with E-state index < -0.39 is 24.3 Å². The summed E-state index contributed by atoms with van der Waals surface area (Å²) in [4.78, 5) is 23.4. The van der Waals surface area contributed by atoms with Crippen LogP contribution in [0.4, 0.5) is 13.2 Å². The number of rotatable bonds is 10. The Morgan fingerprint density at radius 1 is 1.06 bits per heavy atom. The fourth-order valence-corrected chi connectivity index (χ4v) is 3.38. The first-order chi connectivity index (χ1) is 15.7. The van der Waals surface area contributed by atoms with Crippen LogP contribution in [-0.2, 0) is 30.4 Å². The molecule has 0 aliphatic carbocycles. The number of carboxylic acids is 1. The van der Waals surface area contributed by atoms with Crippen molar-refractivity contribution in [1.82, 2.24) is 14.3 Å². The van der Waals surface area contributed by atoms with Gasteiger partial charge in [-0.3, -0.25) is 4.57 Å². The van der Waals surface area contributed by atoms with Gasteiger partial charge in [0.2, 0.25) is 0 Å². The van der Waals surface area contributed by atoms with E-state index in [1.54, 1.807) is 16.7 Å². The van der Waals surface area contributed by atoms with Crippen LogP contribution in [0.3, 0.4) is 0 Å². The molecule has 1 N–H and O–H groups in total. The van der Waals surface area contributed by atoms with E-state index in [9.17, 15) is 22.8 Å². The molecule has 0 atom stereocenters. The standard InChI is InChI=1S/C23H24F3N3O4/c1-2-14-28-20(5-3-4-16-6-12-19(13-7-16)33-15-21(30)31)27-29(22(28)32)18-10-8-17(9-11-18)23(24,25)26/h6-13H,2-5,14-15H2,1H3,(H,30,31). The maximum absolute atomic E-state index is 12.8. The molecule has 0 bridgehead atoms. The highest BCUT2D eigenvalue weighted by molar-refractivity contribution is 5.68. The second-order valence-corrected chi connectivity index (χ2v) is 7.49. The maximum Gasteiger partial charge on any atom is 0.416 e. The number of aliphatic carboxylic acids is 1. The van der Waals surface area contributed by atoms with E-state index in [-0.39, 0.29) is 11.4 Å². The van der Waals surface area contributed by atoms with Crippen LogP contribution in [0, 0.1) is 0 Å². The number of halogens is 3. The largest absolute Gasteiger partial charge is 0.482 e. The molecule has 10 heteroatoms. The zero-order valence-electron chi connectivity index (χ0n) is 18.0. The lowest BCUT2D eigenvalue weighted by Gasteiger charge is -2.07. The van der Waals surface area contributed by atoms with Crippen molar-refractivity contribution in [3.05, 3.63) is 76.0 Å². The molecule has 0 radical (unpaired) electrons. The van der Waals surface area contributed by atoms with Crippen molar-refractivity contribution in [3.8, 4) is 11.4 Å². The van der Waals surface area contributed by atoms with Crippen molar-refractivity contribution in [3.63, 3.8) is 0 Å². The van der Waals surface area contributed by atoms with E-state index in [4.69, 9.17) is 9.84 Å². The Hall–Kier alpha value is -3.56. The summed E-state index contributed by atoms with van der Waals surface area (Å²) >= 11 is 0. The lowest BCUT2D eigenvalue weighted by molar-refractivity contribution is -0.139. The molecular weight excluding hydrogens is 439 g/mol. The minimum atomic E-state index is -4.45. The van der Waals surface area contributed by atoms with Gasteiger partial charge < -0.3 is 9.84 Å². The first kappa shape index (κ1) is 24.1. The van der Waals surface area contributed by atoms with Gasteiger partial charge in [0.05, 0.1) is 11.3 Å². The summed E-state index contributed by atoms with van der Waals surface area (Å²) in [6.45, 7) is 1.99. The monoisotopic (exact) mass is 463 g/mol. The molecule has 0 aliphatic heterocycles. The zero-order valence-corrected chi connectivity index (χ0v) is 18.0. The fourth-order valence-electron chi connectivity index (χ4n) is 3.38. The van der Waals surface area contributed by atoms with Gasteiger partial charge in [0.15, 0.2) is 6.61 Å². The lowest BCUT2D eigenvalue weighted by atomic mass is 10.1. The van der Waals surface area contributed by atoms with Crippen LogP contribution in [0.2, 0.25) is 0 Å². The Morgan fingerprint density at radius 2 is 1.73 bits per heavy atom. The molecule has 0 fully saturated rings. The molecule has 33 heavy (non-hydrogen) atoms. The van der Waals surface area contributed by atoms with Crippen molar-refractivity contribution >= 4 is 5.97 Å². The van der Waals surface area contributed by atoms with Crippen molar-refractivity contribution in [2.45, 2.75) is 45.3 Å². The third-order valence-electron chi connectivity index (χ3n) is 4.98. The first-order valence-electron chi connectivity index (χ1n) is 10.5. The molecule has 3 rings (SSSR count). The maximum atomic E-state index is 12.8. The zero-order chi connectivity index (χ0) is 24.0. The van der Waals surface area contributed by atoms with E-state index in [2.05, 4.69) is 5.10 Å². The van der Waals surface area contributed by atoms with Gasteiger partial charge in [-0.15, -0.1) is 5.10 Å². The number of aromatic nitrogens is 3. The summed E-state index contributed by atoms with van der Waals surface area (Å²) in [6.07, 6.45) is -1.82. The number of carbonyl (C=O) groups is 1. The minimum absolute atomic E-state index is 0.279. The third-order valence-corrected chi connectivity index (χ3v) is 4.98. The van der Waals surface area contributed by atoms with Crippen LogP contribution in [0.1, 0.15) is 36.7 Å². The van der Waals surface area contributed by atoms with E-state index in [0.29, 0.717) is 43.8 Å². The SMILES string of the molecule is CCCn1c(CCCc2ccc(OCC(=O)O)cc2)nn(-c2ccc(C(F)(F)F)cc2)c1=O. The number of nitrogens with zero attached hydrogens (tertiary/aromatic N) is 3. The fraction of sp³-hybridized carbons (Fsp3) is 0.348. The van der Waals surface area contributed by atoms with Gasteiger partial charge in [-0.2, -0.15) is 17.9 Å². The van der Waals surface area contributed by atoms with Gasteiger partial charge in [0.25, 0.3) is 0 Å². The third kappa shape index (κ3) is 6.24. The summed E-state index contributed by atoms with van der Waals surface area (Å²) in [7, 11) is 0. The number of carboxylic acid groups (broad SMARTS) is 1. The molecule has 0 amide bonds. The average molecular weight is 463 g/mol. The number of aryl methyl sites for hydroxylation is 2. The van der Waals surface area contributed by atoms with Gasteiger partial charge in [-0.25, -0.2) is 9.59 Å². The molecule has 176 valence electrons. The summed E-state index contributed by atoms with van der Waals surface area (Å²) in [5, 5.41) is 13.0. The highest BCUT2D eigenvalue weighted by atomic mass is 19.4. The molecule has 0 unspecified atom stereocenters. The van der Waals surface area contributed by atoms with Crippen molar-refractivity contribution < 1.29 is 27.8 Å². The van der Waals surface area contributed by atoms with Crippen LogP contribution in [-0.4, -0.2) is 32.0 Å². The normalized spacial score (nSPS) is 11.5. The molecule has 7 nitrogen and oxygen atoms in total. The van der Waals surface area contributed by atoms with Crippen molar-refractivity contribution in [1.29, 1.82) is 0 Å². The molecule has 0 spiro atoms. The topological polar surface area (TPSA) is 86.3 Å². The number of benzene rings is 2. The molecule has 0 saturated heterocycles. The summed E-state index contributed by atoms with van der Waals surface area (Å²) in [6, 6.07) is 11.4. The van der Waals surface area contributed by atoms with Crippen molar-refractivity contribution in [2.24, 2.45) is 0 Å². The van der Waals surface area contributed by atoms with Gasteiger partial charge in [0, 0.05) is 13.0 Å². The molecule has 1 aromatic heterocycles. The molecule has 0 aliphatic rings. The smallest absolute Gasteiger partial charge is 0.416 e. The molecule has 0 saturated carbocycles. The predicted molar refractivity (Wildman–Crippen MR) is 115 cm³/mol. The van der Waals surface area contributed by atoms with Crippen LogP contribution in [0.25, 0.3) is 5.69 Å². The molecule has 3 aromatic rings. The highest BCUT2D eigenvalue weighted by Crippen LogP contribution is 2.29.